The molecule has 1 amide bonds. The summed E-state index contributed by atoms with van der Waals surface area (Å²) in [4.78, 5) is 33.6. The van der Waals surface area contributed by atoms with Crippen molar-refractivity contribution in [2.75, 3.05) is 54.4 Å². The maximum Gasteiger partial charge on any atom is 0.259 e. The number of carbonyl (C=O) groups excluding carboxylic acids is 1. The molecule has 2 saturated heterocycles. The van der Waals surface area contributed by atoms with Gasteiger partial charge in [0, 0.05) is 69.6 Å². The van der Waals surface area contributed by atoms with Crippen LogP contribution in [-0.2, 0) is 0 Å². The molecular weight excluding hydrogens is 390 g/mol. The van der Waals surface area contributed by atoms with E-state index in [4.69, 9.17) is 4.98 Å². The van der Waals surface area contributed by atoms with Crippen LogP contribution in [0.4, 0.5) is 17.5 Å². The Balaban J connectivity index is 1.31. The molecule has 2 aromatic rings. The van der Waals surface area contributed by atoms with Crippen LogP contribution in [0.2, 0.25) is 0 Å². The van der Waals surface area contributed by atoms with Crippen LogP contribution in [0.25, 0.3) is 0 Å². The predicted octanol–water partition coefficient (Wildman–Crippen LogP) is 2.64. The number of fused-ring (bicyclic) bond motifs is 3. The second-order valence-electron chi connectivity index (χ2n) is 8.80. The SMILES string of the molecule is CCNc1ncc2c(n1)N1CCC[C@H]1CN(CC1CCN(c3ccncc3)CC1)C2=O. The summed E-state index contributed by atoms with van der Waals surface area (Å²) in [6.45, 7) is 7.42. The van der Waals surface area contributed by atoms with Gasteiger partial charge in [-0.25, -0.2) is 4.98 Å². The zero-order chi connectivity index (χ0) is 21.2. The number of rotatable bonds is 5. The summed E-state index contributed by atoms with van der Waals surface area (Å²) < 4.78 is 0. The van der Waals surface area contributed by atoms with Gasteiger partial charge < -0.3 is 20.0 Å². The smallest absolute Gasteiger partial charge is 0.259 e. The lowest BCUT2D eigenvalue weighted by atomic mass is 9.95. The molecule has 0 saturated carbocycles. The Morgan fingerprint density at radius 3 is 2.71 bits per heavy atom. The summed E-state index contributed by atoms with van der Waals surface area (Å²) in [5.74, 6) is 2.04. The number of carbonyl (C=O) groups is 1. The highest BCUT2D eigenvalue weighted by Crippen LogP contribution is 2.33. The van der Waals surface area contributed by atoms with Gasteiger partial charge in [0.05, 0.1) is 0 Å². The van der Waals surface area contributed by atoms with Crippen LogP contribution in [0, 0.1) is 5.92 Å². The maximum atomic E-state index is 13.5. The van der Waals surface area contributed by atoms with E-state index in [1.807, 2.05) is 19.3 Å². The van der Waals surface area contributed by atoms with Gasteiger partial charge in [-0.1, -0.05) is 0 Å². The molecule has 8 nitrogen and oxygen atoms in total. The first-order valence-corrected chi connectivity index (χ1v) is 11.5. The van der Waals surface area contributed by atoms with Crippen molar-refractivity contribution >= 4 is 23.4 Å². The van der Waals surface area contributed by atoms with Gasteiger partial charge in [0.15, 0.2) is 0 Å². The fourth-order valence-corrected chi connectivity index (χ4v) is 5.20. The minimum atomic E-state index is 0.0870. The predicted molar refractivity (Wildman–Crippen MR) is 122 cm³/mol. The second kappa shape index (κ2) is 8.69. The molecule has 3 aliphatic rings. The normalized spacial score (nSPS) is 21.6. The van der Waals surface area contributed by atoms with Crippen molar-refractivity contribution in [2.45, 2.75) is 38.6 Å². The highest BCUT2D eigenvalue weighted by molar-refractivity contribution is 5.99. The van der Waals surface area contributed by atoms with E-state index < -0.39 is 0 Å². The van der Waals surface area contributed by atoms with Crippen LogP contribution in [0.3, 0.4) is 0 Å². The molecule has 5 heterocycles. The Bertz CT molecular complexity index is 913. The number of nitrogens with zero attached hydrogens (tertiary/aromatic N) is 6. The van der Waals surface area contributed by atoms with Gasteiger partial charge in [-0.2, -0.15) is 4.98 Å². The van der Waals surface area contributed by atoms with Crippen LogP contribution in [0.1, 0.15) is 43.0 Å². The summed E-state index contributed by atoms with van der Waals surface area (Å²) in [6.07, 6.45) is 9.90. The first-order valence-electron chi connectivity index (χ1n) is 11.5. The van der Waals surface area contributed by atoms with Gasteiger partial charge >= 0.3 is 0 Å². The number of hydrogen-bond donors (Lipinski definition) is 1. The molecule has 8 heteroatoms. The first-order chi connectivity index (χ1) is 15.2. The number of hydrogen-bond acceptors (Lipinski definition) is 7. The Hall–Kier alpha value is -2.90. The molecule has 164 valence electrons. The zero-order valence-electron chi connectivity index (χ0n) is 18.2. The van der Waals surface area contributed by atoms with E-state index in [-0.39, 0.29) is 5.91 Å². The molecule has 1 atom stereocenters. The summed E-state index contributed by atoms with van der Waals surface area (Å²) in [5.41, 5.74) is 1.89. The van der Waals surface area contributed by atoms with E-state index in [0.29, 0.717) is 23.5 Å². The van der Waals surface area contributed by atoms with Gasteiger partial charge in [-0.15, -0.1) is 0 Å². The Morgan fingerprint density at radius 2 is 1.94 bits per heavy atom. The van der Waals surface area contributed by atoms with Crippen molar-refractivity contribution in [3.8, 4) is 0 Å². The van der Waals surface area contributed by atoms with E-state index in [0.717, 1.165) is 70.8 Å². The van der Waals surface area contributed by atoms with Crippen LogP contribution in [-0.4, -0.2) is 71.1 Å². The summed E-state index contributed by atoms with van der Waals surface area (Å²) in [5, 5.41) is 3.18. The molecule has 0 radical (unpaired) electrons. The van der Waals surface area contributed by atoms with Gasteiger partial charge in [0.2, 0.25) is 5.95 Å². The van der Waals surface area contributed by atoms with Gasteiger partial charge in [-0.05, 0) is 50.7 Å². The molecule has 31 heavy (non-hydrogen) atoms. The Morgan fingerprint density at radius 1 is 1.13 bits per heavy atom. The van der Waals surface area contributed by atoms with Gasteiger partial charge in [0.25, 0.3) is 5.91 Å². The number of nitrogens with one attached hydrogen (secondary N) is 1. The number of anilines is 3. The first kappa shape index (κ1) is 20.0. The van der Waals surface area contributed by atoms with Crippen molar-refractivity contribution in [1.82, 2.24) is 19.9 Å². The van der Waals surface area contributed by atoms with E-state index >= 15 is 0 Å². The molecule has 0 aliphatic carbocycles. The highest BCUT2D eigenvalue weighted by Gasteiger charge is 2.37. The van der Waals surface area contributed by atoms with Crippen molar-refractivity contribution < 1.29 is 4.79 Å². The molecule has 0 bridgehead atoms. The van der Waals surface area contributed by atoms with E-state index in [2.05, 4.69) is 42.1 Å². The molecule has 1 N–H and O–H groups in total. The Labute approximate surface area is 183 Å². The topological polar surface area (TPSA) is 77.5 Å². The van der Waals surface area contributed by atoms with E-state index in [1.165, 1.54) is 5.69 Å². The van der Waals surface area contributed by atoms with Crippen LogP contribution in [0.15, 0.2) is 30.7 Å². The number of pyridine rings is 1. The number of amides is 1. The van der Waals surface area contributed by atoms with Crippen LogP contribution >= 0.6 is 0 Å². The monoisotopic (exact) mass is 421 g/mol. The standard InChI is InChI=1S/C23H31N7O/c1-2-25-23-26-14-20-21(27-23)30-11-3-4-19(30)16-29(22(20)31)15-17-7-12-28(13-8-17)18-5-9-24-10-6-18/h5-6,9-10,14,17,19H,2-4,7-8,11-13,15-16H2,1H3,(H,25,26,27)/t19-/m0/s1. The maximum absolute atomic E-state index is 13.5. The molecule has 2 fully saturated rings. The summed E-state index contributed by atoms with van der Waals surface area (Å²) in [6, 6.07) is 4.50. The van der Waals surface area contributed by atoms with Crippen LogP contribution < -0.4 is 15.1 Å². The van der Waals surface area contributed by atoms with E-state index in [1.54, 1.807) is 6.20 Å². The van der Waals surface area contributed by atoms with Gasteiger partial charge in [-0.3, -0.25) is 9.78 Å². The molecular formula is C23H31N7O. The highest BCUT2D eigenvalue weighted by atomic mass is 16.2. The molecule has 0 aromatic carbocycles. The minimum absolute atomic E-state index is 0.0870. The van der Waals surface area contributed by atoms with Crippen molar-refractivity contribution in [3.05, 3.63) is 36.3 Å². The zero-order valence-corrected chi connectivity index (χ0v) is 18.2. The fraction of sp³-hybridized carbons (Fsp3) is 0.565. The van der Waals surface area contributed by atoms with E-state index in [9.17, 15) is 4.79 Å². The minimum Gasteiger partial charge on any atom is -0.371 e. The summed E-state index contributed by atoms with van der Waals surface area (Å²) >= 11 is 0. The Kier molecular flexibility index (Phi) is 5.61. The summed E-state index contributed by atoms with van der Waals surface area (Å²) in [7, 11) is 0. The second-order valence-corrected chi connectivity index (χ2v) is 8.80. The third-order valence-corrected chi connectivity index (χ3v) is 6.82. The lowest BCUT2D eigenvalue weighted by Crippen LogP contribution is -2.44. The molecule has 5 rings (SSSR count). The molecule has 3 aliphatic heterocycles. The number of aromatic nitrogens is 3. The van der Waals surface area contributed by atoms with Crippen molar-refractivity contribution in [3.63, 3.8) is 0 Å². The molecule has 0 unspecified atom stereocenters. The van der Waals surface area contributed by atoms with Crippen molar-refractivity contribution in [2.24, 2.45) is 5.92 Å². The third-order valence-electron chi connectivity index (χ3n) is 6.82. The lowest BCUT2D eigenvalue weighted by molar-refractivity contribution is 0.0716. The van der Waals surface area contributed by atoms with Crippen molar-refractivity contribution in [1.29, 1.82) is 0 Å². The largest absolute Gasteiger partial charge is 0.371 e. The lowest BCUT2D eigenvalue weighted by Gasteiger charge is -2.36. The third kappa shape index (κ3) is 4.03. The van der Waals surface area contributed by atoms with Gasteiger partial charge in [0.1, 0.15) is 11.4 Å². The van der Waals surface area contributed by atoms with Crippen LogP contribution in [0.5, 0.6) is 0 Å². The average molecular weight is 422 g/mol. The number of piperidine rings is 1. The average Bonchev–Trinajstić information content (AvgIpc) is 3.24. The molecule has 0 spiro atoms. The quantitative estimate of drug-likeness (QED) is 0.795. The molecule has 2 aromatic heterocycles. The fourth-order valence-electron chi connectivity index (χ4n) is 5.20.